The standard InChI is InChI=1S/C16H22N2O5S/c1-3-23-16(20)11-7-13(9-14(8-11)24(2,21)22)18-15(19)10-12-5-4-6-17-12/h7-9,12,17H,3-6,10H2,1-2H3,(H,18,19). The maximum absolute atomic E-state index is 12.1. The molecule has 0 spiro atoms. The van der Waals surface area contributed by atoms with Crippen molar-refractivity contribution in [2.24, 2.45) is 0 Å². The van der Waals surface area contributed by atoms with E-state index >= 15 is 0 Å². The zero-order valence-electron chi connectivity index (χ0n) is 13.8. The predicted molar refractivity (Wildman–Crippen MR) is 89.8 cm³/mol. The number of hydrogen-bond donors (Lipinski definition) is 2. The Morgan fingerprint density at radius 2 is 2.08 bits per heavy atom. The van der Waals surface area contributed by atoms with Crippen LogP contribution in [0.3, 0.4) is 0 Å². The summed E-state index contributed by atoms with van der Waals surface area (Å²) in [5.74, 6) is -0.856. The maximum atomic E-state index is 12.1. The highest BCUT2D eigenvalue weighted by molar-refractivity contribution is 7.90. The van der Waals surface area contributed by atoms with Crippen LogP contribution in [0.2, 0.25) is 0 Å². The number of benzene rings is 1. The van der Waals surface area contributed by atoms with Crippen molar-refractivity contribution in [1.29, 1.82) is 0 Å². The van der Waals surface area contributed by atoms with Crippen LogP contribution in [0, 0.1) is 0 Å². The Labute approximate surface area is 141 Å². The summed E-state index contributed by atoms with van der Waals surface area (Å²) in [6.07, 6.45) is 3.32. The van der Waals surface area contributed by atoms with Crippen molar-refractivity contribution in [1.82, 2.24) is 5.32 Å². The summed E-state index contributed by atoms with van der Waals surface area (Å²) in [5.41, 5.74) is 0.359. The molecule has 1 atom stereocenters. The van der Waals surface area contributed by atoms with Crippen LogP contribution in [0.4, 0.5) is 5.69 Å². The minimum absolute atomic E-state index is 0.0395. The first-order valence-corrected chi connectivity index (χ1v) is 9.74. The summed E-state index contributed by atoms with van der Waals surface area (Å²) in [7, 11) is -3.53. The van der Waals surface area contributed by atoms with Crippen molar-refractivity contribution in [3.05, 3.63) is 23.8 Å². The molecule has 132 valence electrons. The van der Waals surface area contributed by atoms with Crippen LogP contribution in [0.5, 0.6) is 0 Å². The number of hydrogen-bond acceptors (Lipinski definition) is 6. The molecule has 1 aromatic rings. The fourth-order valence-corrected chi connectivity index (χ4v) is 3.27. The predicted octanol–water partition coefficient (Wildman–Crippen LogP) is 1.35. The lowest BCUT2D eigenvalue weighted by molar-refractivity contribution is -0.116. The van der Waals surface area contributed by atoms with Gasteiger partial charge in [-0.25, -0.2) is 13.2 Å². The van der Waals surface area contributed by atoms with E-state index in [4.69, 9.17) is 4.74 Å². The van der Waals surface area contributed by atoms with Gasteiger partial charge in [0.15, 0.2) is 9.84 Å². The topological polar surface area (TPSA) is 102 Å². The molecule has 24 heavy (non-hydrogen) atoms. The van der Waals surface area contributed by atoms with Crippen molar-refractivity contribution in [2.75, 3.05) is 24.7 Å². The highest BCUT2D eigenvalue weighted by Crippen LogP contribution is 2.21. The Hall–Kier alpha value is -1.93. The number of anilines is 1. The molecule has 0 aliphatic carbocycles. The van der Waals surface area contributed by atoms with Gasteiger partial charge in [0, 0.05) is 24.4 Å². The SMILES string of the molecule is CCOC(=O)c1cc(NC(=O)CC2CCCN2)cc(S(C)(=O)=O)c1. The Morgan fingerprint density at radius 3 is 2.67 bits per heavy atom. The van der Waals surface area contributed by atoms with Gasteiger partial charge in [0.05, 0.1) is 17.1 Å². The van der Waals surface area contributed by atoms with E-state index in [1.54, 1.807) is 6.92 Å². The fraction of sp³-hybridized carbons (Fsp3) is 0.500. The molecule has 1 aliphatic rings. The number of ether oxygens (including phenoxy) is 1. The Morgan fingerprint density at radius 1 is 1.33 bits per heavy atom. The molecule has 1 unspecified atom stereocenters. The van der Waals surface area contributed by atoms with E-state index in [1.807, 2.05) is 0 Å². The fourth-order valence-electron chi connectivity index (χ4n) is 2.58. The third-order valence-corrected chi connectivity index (χ3v) is 4.82. The van der Waals surface area contributed by atoms with Gasteiger partial charge in [-0.2, -0.15) is 0 Å². The van der Waals surface area contributed by atoms with Gasteiger partial charge < -0.3 is 15.4 Å². The Kier molecular flexibility index (Phi) is 5.95. The van der Waals surface area contributed by atoms with Gasteiger partial charge in [0.1, 0.15) is 0 Å². The first-order chi connectivity index (χ1) is 11.3. The van der Waals surface area contributed by atoms with Gasteiger partial charge in [-0.05, 0) is 44.5 Å². The second kappa shape index (κ2) is 7.76. The molecule has 1 heterocycles. The van der Waals surface area contributed by atoms with Gasteiger partial charge in [0.25, 0.3) is 0 Å². The van der Waals surface area contributed by atoms with Crippen LogP contribution >= 0.6 is 0 Å². The lowest BCUT2D eigenvalue weighted by Gasteiger charge is -2.12. The molecule has 8 heteroatoms. The summed E-state index contributed by atoms with van der Waals surface area (Å²) < 4.78 is 28.5. The van der Waals surface area contributed by atoms with E-state index in [9.17, 15) is 18.0 Å². The van der Waals surface area contributed by atoms with E-state index in [0.717, 1.165) is 25.6 Å². The number of nitrogens with one attached hydrogen (secondary N) is 2. The van der Waals surface area contributed by atoms with Crippen LogP contribution in [-0.2, 0) is 19.4 Å². The molecule has 0 bridgehead atoms. The third-order valence-electron chi connectivity index (χ3n) is 3.72. The van der Waals surface area contributed by atoms with Gasteiger partial charge >= 0.3 is 5.97 Å². The Bertz CT molecular complexity index is 724. The lowest BCUT2D eigenvalue weighted by Crippen LogP contribution is -2.27. The highest BCUT2D eigenvalue weighted by Gasteiger charge is 2.19. The molecule has 1 saturated heterocycles. The molecule has 2 N–H and O–H groups in total. The van der Waals surface area contributed by atoms with Crippen LogP contribution in [0.25, 0.3) is 0 Å². The molecule has 1 aliphatic heterocycles. The van der Waals surface area contributed by atoms with Gasteiger partial charge in [0.2, 0.25) is 5.91 Å². The largest absolute Gasteiger partial charge is 0.462 e. The van der Waals surface area contributed by atoms with Gasteiger partial charge in [-0.1, -0.05) is 0 Å². The normalized spacial score (nSPS) is 17.5. The minimum atomic E-state index is -3.53. The van der Waals surface area contributed by atoms with Crippen molar-refractivity contribution >= 4 is 27.4 Å². The molecule has 1 amide bonds. The highest BCUT2D eigenvalue weighted by atomic mass is 32.2. The molecule has 0 aromatic heterocycles. The van der Waals surface area contributed by atoms with E-state index in [0.29, 0.717) is 6.42 Å². The first kappa shape index (κ1) is 18.4. The number of esters is 1. The minimum Gasteiger partial charge on any atom is -0.462 e. The number of carbonyl (C=O) groups excluding carboxylic acids is 2. The molecule has 7 nitrogen and oxygen atoms in total. The monoisotopic (exact) mass is 354 g/mol. The van der Waals surface area contributed by atoms with Crippen molar-refractivity contribution in [3.63, 3.8) is 0 Å². The zero-order chi connectivity index (χ0) is 17.7. The lowest BCUT2D eigenvalue weighted by atomic mass is 10.1. The number of rotatable bonds is 6. The summed E-state index contributed by atoms with van der Waals surface area (Å²) in [5, 5.41) is 5.89. The molecular weight excluding hydrogens is 332 g/mol. The maximum Gasteiger partial charge on any atom is 0.338 e. The summed E-state index contributed by atoms with van der Waals surface area (Å²) in [4.78, 5) is 24.0. The van der Waals surface area contributed by atoms with E-state index in [2.05, 4.69) is 10.6 Å². The van der Waals surface area contributed by atoms with Gasteiger partial charge in [-0.15, -0.1) is 0 Å². The van der Waals surface area contributed by atoms with Gasteiger partial charge in [-0.3, -0.25) is 4.79 Å². The average Bonchev–Trinajstić information content (AvgIpc) is 2.99. The molecule has 0 radical (unpaired) electrons. The summed E-state index contributed by atoms with van der Waals surface area (Å²) in [6, 6.07) is 4.15. The molecule has 1 fully saturated rings. The second-order valence-electron chi connectivity index (χ2n) is 5.78. The summed E-state index contributed by atoms with van der Waals surface area (Å²) >= 11 is 0. The number of sulfone groups is 1. The molecule has 2 rings (SSSR count). The number of carbonyl (C=O) groups is 2. The van der Waals surface area contributed by atoms with E-state index in [1.165, 1.54) is 18.2 Å². The van der Waals surface area contributed by atoms with Crippen LogP contribution < -0.4 is 10.6 Å². The quantitative estimate of drug-likeness (QED) is 0.748. The second-order valence-corrected chi connectivity index (χ2v) is 7.80. The number of amides is 1. The Balaban J connectivity index is 2.22. The van der Waals surface area contributed by atoms with E-state index in [-0.39, 0.29) is 34.7 Å². The third kappa shape index (κ3) is 5.04. The van der Waals surface area contributed by atoms with Crippen molar-refractivity contribution < 1.29 is 22.7 Å². The van der Waals surface area contributed by atoms with Crippen LogP contribution in [0.1, 0.15) is 36.5 Å². The van der Waals surface area contributed by atoms with E-state index < -0.39 is 15.8 Å². The van der Waals surface area contributed by atoms with Crippen molar-refractivity contribution in [3.8, 4) is 0 Å². The molecular formula is C16H22N2O5S. The first-order valence-electron chi connectivity index (χ1n) is 7.85. The molecule has 0 saturated carbocycles. The summed E-state index contributed by atoms with van der Waals surface area (Å²) in [6.45, 7) is 2.74. The zero-order valence-corrected chi connectivity index (χ0v) is 14.6. The van der Waals surface area contributed by atoms with Crippen molar-refractivity contribution in [2.45, 2.75) is 37.1 Å². The van der Waals surface area contributed by atoms with Crippen LogP contribution in [-0.4, -0.2) is 45.7 Å². The van der Waals surface area contributed by atoms with Crippen LogP contribution in [0.15, 0.2) is 23.1 Å². The smallest absolute Gasteiger partial charge is 0.338 e. The average molecular weight is 354 g/mol. The molecule has 1 aromatic carbocycles.